The Balaban J connectivity index is 2.13. The van der Waals surface area contributed by atoms with Gasteiger partial charge < -0.3 is 14.8 Å². The highest BCUT2D eigenvalue weighted by Crippen LogP contribution is 2.20. The molecular weight excluding hydrogens is 324 g/mol. The Morgan fingerprint density at radius 3 is 2.91 bits per heavy atom. The molecule has 10 heteroatoms. The molecule has 23 heavy (non-hydrogen) atoms. The molecule has 0 amide bonds. The first-order valence-corrected chi connectivity index (χ1v) is 8.86. The van der Waals surface area contributed by atoms with Gasteiger partial charge in [0, 0.05) is 13.7 Å². The third-order valence-electron chi connectivity index (χ3n) is 3.72. The molecule has 2 rings (SSSR count). The Morgan fingerprint density at radius 2 is 2.30 bits per heavy atom. The molecule has 0 bridgehead atoms. The Labute approximate surface area is 135 Å². The summed E-state index contributed by atoms with van der Waals surface area (Å²) >= 11 is 0. The zero-order valence-electron chi connectivity index (χ0n) is 13.2. The molecule has 9 nitrogen and oxygen atoms in total. The Hall–Kier alpha value is -1.49. The van der Waals surface area contributed by atoms with Crippen LogP contribution in [0.5, 0.6) is 0 Å². The van der Waals surface area contributed by atoms with E-state index < -0.39 is 21.5 Å². The van der Waals surface area contributed by atoms with Gasteiger partial charge in [-0.1, -0.05) is 0 Å². The zero-order valence-corrected chi connectivity index (χ0v) is 14.0. The quantitative estimate of drug-likeness (QED) is 0.549. The summed E-state index contributed by atoms with van der Waals surface area (Å²) in [7, 11) is -2.35. The predicted molar refractivity (Wildman–Crippen MR) is 81.6 cm³/mol. The molecule has 130 valence electrons. The molecule has 1 unspecified atom stereocenters. The number of carbonyl (C=O) groups is 1. The summed E-state index contributed by atoms with van der Waals surface area (Å²) in [5.41, 5.74) is -0.550. The van der Waals surface area contributed by atoms with Gasteiger partial charge in [-0.15, -0.1) is 0 Å². The maximum Gasteiger partial charge on any atom is 0.342 e. The fourth-order valence-electron chi connectivity index (χ4n) is 2.61. The minimum atomic E-state index is -3.92. The number of methoxy groups -OCH3 is 1. The van der Waals surface area contributed by atoms with Crippen LogP contribution in [0.15, 0.2) is 11.2 Å². The molecule has 0 aliphatic carbocycles. The number of aromatic nitrogens is 2. The number of hydrogen-bond donors (Lipinski definition) is 3. The number of sulfonamides is 1. The normalized spacial score (nSPS) is 21.5. The van der Waals surface area contributed by atoms with Crippen LogP contribution in [0.2, 0.25) is 0 Å². The number of carbonyl (C=O) groups excluding carboxylic acids is 1. The number of aromatic amines is 1. The largest absolute Gasteiger partial charge is 0.462 e. The lowest BCUT2D eigenvalue weighted by atomic mass is 9.99. The summed E-state index contributed by atoms with van der Waals surface area (Å²) < 4.78 is 37.5. The highest BCUT2D eigenvalue weighted by Gasteiger charge is 2.36. The van der Waals surface area contributed by atoms with Gasteiger partial charge in [-0.3, -0.25) is 5.10 Å². The number of hydrogen-bond acceptors (Lipinski definition) is 7. The summed E-state index contributed by atoms with van der Waals surface area (Å²) in [4.78, 5) is 11.8. The van der Waals surface area contributed by atoms with E-state index in [1.54, 1.807) is 14.0 Å². The second-order valence-corrected chi connectivity index (χ2v) is 7.11. The first kappa shape index (κ1) is 17.9. The van der Waals surface area contributed by atoms with Crippen molar-refractivity contribution in [3.63, 3.8) is 0 Å². The van der Waals surface area contributed by atoms with E-state index in [1.807, 2.05) is 0 Å². The highest BCUT2D eigenvalue weighted by atomic mass is 32.2. The van der Waals surface area contributed by atoms with Crippen LogP contribution >= 0.6 is 0 Å². The van der Waals surface area contributed by atoms with Crippen LogP contribution in [0.25, 0.3) is 0 Å². The van der Waals surface area contributed by atoms with Crippen molar-refractivity contribution in [3.8, 4) is 0 Å². The summed E-state index contributed by atoms with van der Waals surface area (Å²) in [6.45, 7) is 3.15. The lowest BCUT2D eigenvalue weighted by Gasteiger charge is -2.28. The average Bonchev–Trinajstić information content (AvgIpc) is 3.16. The maximum atomic E-state index is 12.5. The van der Waals surface area contributed by atoms with Crippen molar-refractivity contribution in [3.05, 3.63) is 11.8 Å². The predicted octanol–water partition coefficient (Wildman–Crippen LogP) is -0.367. The first-order chi connectivity index (χ1) is 10.9. The Bertz CT molecular complexity index is 637. The molecule has 1 aliphatic rings. The third-order valence-corrected chi connectivity index (χ3v) is 5.09. The molecule has 3 N–H and O–H groups in total. The van der Waals surface area contributed by atoms with Crippen LogP contribution in [0.4, 0.5) is 0 Å². The number of H-pyrrole nitrogens is 1. The van der Waals surface area contributed by atoms with Crippen molar-refractivity contribution >= 4 is 16.0 Å². The van der Waals surface area contributed by atoms with E-state index in [9.17, 15) is 13.2 Å². The first-order valence-electron chi connectivity index (χ1n) is 7.38. The molecule has 1 fully saturated rings. The molecule has 1 aromatic rings. The van der Waals surface area contributed by atoms with E-state index >= 15 is 0 Å². The van der Waals surface area contributed by atoms with E-state index in [-0.39, 0.29) is 23.7 Å². The number of nitrogens with one attached hydrogen (secondary N) is 3. The molecule has 1 atom stereocenters. The molecule has 2 heterocycles. The third kappa shape index (κ3) is 4.08. The van der Waals surface area contributed by atoms with Crippen molar-refractivity contribution in [2.75, 3.05) is 33.4 Å². The van der Waals surface area contributed by atoms with E-state index in [0.29, 0.717) is 6.61 Å². The van der Waals surface area contributed by atoms with Gasteiger partial charge in [0.2, 0.25) is 0 Å². The van der Waals surface area contributed by atoms with Crippen LogP contribution in [0.3, 0.4) is 0 Å². The van der Waals surface area contributed by atoms with E-state index in [0.717, 1.165) is 25.6 Å². The Morgan fingerprint density at radius 1 is 1.52 bits per heavy atom. The van der Waals surface area contributed by atoms with Crippen LogP contribution < -0.4 is 10.0 Å². The standard InChI is InChI=1S/C13H22N4O5S/c1-3-22-12(18)10-7-15-17-11(10)23(19,20)16-8-13(9-21-2)5-4-6-14-13/h7,14,16H,3-6,8-9H2,1-2H3,(H,15,17). The molecule has 1 aromatic heterocycles. The topological polar surface area (TPSA) is 122 Å². The molecule has 0 aromatic carbocycles. The van der Waals surface area contributed by atoms with Gasteiger partial charge in [0.15, 0.2) is 5.03 Å². The summed E-state index contributed by atoms with van der Waals surface area (Å²) in [6.07, 6.45) is 2.89. The second-order valence-electron chi connectivity index (χ2n) is 5.40. The Kier molecular flexibility index (Phi) is 5.74. The van der Waals surface area contributed by atoms with Crippen molar-refractivity contribution < 1.29 is 22.7 Å². The fraction of sp³-hybridized carbons (Fsp3) is 0.692. The monoisotopic (exact) mass is 346 g/mol. The van der Waals surface area contributed by atoms with E-state index in [1.165, 1.54) is 0 Å². The number of esters is 1. The smallest absolute Gasteiger partial charge is 0.342 e. The number of ether oxygens (including phenoxy) is 2. The molecular formula is C13H22N4O5S. The zero-order chi connectivity index (χ0) is 16.9. The SMILES string of the molecule is CCOC(=O)c1cn[nH]c1S(=O)(=O)NCC1(COC)CCCN1. The van der Waals surface area contributed by atoms with Crippen LogP contribution in [0, 0.1) is 0 Å². The molecule has 0 spiro atoms. The van der Waals surface area contributed by atoms with Crippen molar-refractivity contribution in [2.45, 2.75) is 30.3 Å². The van der Waals surface area contributed by atoms with Gasteiger partial charge in [-0.25, -0.2) is 17.9 Å². The van der Waals surface area contributed by atoms with Gasteiger partial charge in [-0.05, 0) is 26.3 Å². The van der Waals surface area contributed by atoms with Crippen molar-refractivity contribution in [1.82, 2.24) is 20.2 Å². The van der Waals surface area contributed by atoms with Gasteiger partial charge in [0.25, 0.3) is 10.0 Å². The van der Waals surface area contributed by atoms with Gasteiger partial charge in [0.05, 0.1) is 24.9 Å². The average molecular weight is 346 g/mol. The molecule has 0 radical (unpaired) electrons. The minimum absolute atomic E-state index is 0.112. The number of rotatable bonds is 8. The minimum Gasteiger partial charge on any atom is -0.462 e. The van der Waals surface area contributed by atoms with Crippen molar-refractivity contribution in [1.29, 1.82) is 0 Å². The lowest BCUT2D eigenvalue weighted by Crippen LogP contribution is -2.53. The van der Waals surface area contributed by atoms with Gasteiger partial charge in [-0.2, -0.15) is 5.10 Å². The van der Waals surface area contributed by atoms with Crippen LogP contribution in [-0.4, -0.2) is 63.5 Å². The highest BCUT2D eigenvalue weighted by molar-refractivity contribution is 7.89. The van der Waals surface area contributed by atoms with E-state index in [2.05, 4.69) is 20.2 Å². The van der Waals surface area contributed by atoms with Gasteiger partial charge >= 0.3 is 5.97 Å². The fourth-order valence-corrected chi connectivity index (χ4v) is 3.82. The maximum absolute atomic E-state index is 12.5. The van der Waals surface area contributed by atoms with Gasteiger partial charge in [0.1, 0.15) is 5.56 Å². The second kappa shape index (κ2) is 7.39. The molecule has 1 aliphatic heterocycles. The molecule has 1 saturated heterocycles. The van der Waals surface area contributed by atoms with E-state index in [4.69, 9.17) is 9.47 Å². The van der Waals surface area contributed by atoms with Crippen molar-refractivity contribution in [2.24, 2.45) is 0 Å². The summed E-state index contributed by atoms with van der Waals surface area (Å²) in [5.74, 6) is -0.729. The lowest BCUT2D eigenvalue weighted by molar-refractivity contribution is 0.0522. The summed E-state index contributed by atoms with van der Waals surface area (Å²) in [5, 5.41) is 8.98. The number of nitrogens with zero attached hydrogens (tertiary/aromatic N) is 1. The molecule has 0 saturated carbocycles. The van der Waals surface area contributed by atoms with Crippen LogP contribution in [-0.2, 0) is 19.5 Å². The van der Waals surface area contributed by atoms with Crippen LogP contribution in [0.1, 0.15) is 30.1 Å². The summed E-state index contributed by atoms with van der Waals surface area (Å²) in [6, 6.07) is 0.